The molecule has 1 N–H and O–H groups in total. The molecule has 0 saturated heterocycles. The summed E-state index contributed by atoms with van der Waals surface area (Å²) in [4.78, 5) is 10.5. The maximum Gasteiger partial charge on any atom is 0.270 e. The molecule has 0 aliphatic carbocycles. The third kappa shape index (κ3) is 3.28. The molecule has 0 spiro atoms. The number of hydrazone groups is 1. The van der Waals surface area contributed by atoms with Gasteiger partial charge in [-0.2, -0.15) is 9.78 Å². The number of tetrazole rings is 1. The predicted octanol–water partition coefficient (Wildman–Crippen LogP) is 3.48. The number of hydrogen-bond donors (Lipinski definition) is 1. The van der Waals surface area contributed by atoms with Crippen LogP contribution in [0, 0.1) is 17.0 Å². The zero-order valence-corrected chi connectivity index (χ0v) is 14.9. The molecule has 0 atom stereocenters. The molecule has 0 saturated carbocycles. The Labute approximate surface area is 159 Å². The highest BCUT2D eigenvalue weighted by Crippen LogP contribution is 2.23. The molecule has 0 bridgehead atoms. The maximum atomic E-state index is 10.9. The van der Waals surface area contributed by atoms with Crippen LogP contribution in [-0.4, -0.2) is 31.3 Å². The molecule has 1 aromatic heterocycles. The second-order valence-electron chi connectivity index (χ2n) is 6.08. The number of anilines is 1. The van der Waals surface area contributed by atoms with Crippen molar-refractivity contribution < 1.29 is 4.92 Å². The molecular formula is C19H15N7O2. The van der Waals surface area contributed by atoms with Crippen molar-refractivity contribution in [3.8, 4) is 5.69 Å². The number of hydrogen-bond acceptors (Lipinski definition) is 7. The van der Waals surface area contributed by atoms with Crippen LogP contribution in [0.3, 0.4) is 0 Å². The summed E-state index contributed by atoms with van der Waals surface area (Å²) in [5.74, 6) is 0.329. The Morgan fingerprint density at radius 3 is 2.82 bits per heavy atom. The first-order chi connectivity index (χ1) is 13.6. The number of nitrogens with zero attached hydrogens (tertiary/aromatic N) is 6. The average molecular weight is 373 g/mol. The molecule has 0 unspecified atom stereocenters. The summed E-state index contributed by atoms with van der Waals surface area (Å²) in [5.41, 5.74) is 5.12. The largest absolute Gasteiger partial charge is 0.270 e. The number of nitro groups is 1. The molecule has 9 heteroatoms. The Hall–Kier alpha value is -4.14. The quantitative estimate of drug-likeness (QED) is 0.326. The van der Waals surface area contributed by atoms with Gasteiger partial charge in [-0.25, -0.2) is 5.43 Å². The van der Waals surface area contributed by atoms with Crippen molar-refractivity contribution in [1.82, 2.24) is 20.2 Å². The van der Waals surface area contributed by atoms with E-state index in [4.69, 9.17) is 0 Å². The molecule has 3 aromatic carbocycles. The van der Waals surface area contributed by atoms with Gasteiger partial charge in [0.05, 0.1) is 16.8 Å². The van der Waals surface area contributed by atoms with E-state index in [0.717, 1.165) is 22.0 Å². The average Bonchev–Trinajstić information content (AvgIpc) is 3.17. The highest BCUT2D eigenvalue weighted by Gasteiger charge is 2.11. The highest BCUT2D eigenvalue weighted by atomic mass is 16.6. The van der Waals surface area contributed by atoms with Crippen molar-refractivity contribution in [3.63, 3.8) is 0 Å². The Morgan fingerprint density at radius 1 is 1.14 bits per heavy atom. The molecule has 0 radical (unpaired) electrons. The molecule has 1 heterocycles. The van der Waals surface area contributed by atoms with Crippen LogP contribution in [-0.2, 0) is 0 Å². The van der Waals surface area contributed by atoms with Crippen molar-refractivity contribution in [3.05, 3.63) is 81.9 Å². The molecule has 9 nitrogen and oxygen atoms in total. The zero-order valence-electron chi connectivity index (χ0n) is 14.9. The minimum atomic E-state index is -0.439. The number of nitro benzene ring substituents is 1. The number of fused-ring (bicyclic) bond motifs is 1. The minimum Gasteiger partial charge on any atom is -0.258 e. The van der Waals surface area contributed by atoms with Gasteiger partial charge in [-0.15, -0.1) is 0 Å². The smallest absolute Gasteiger partial charge is 0.258 e. The van der Waals surface area contributed by atoms with Gasteiger partial charge in [0.1, 0.15) is 0 Å². The Morgan fingerprint density at radius 2 is 1.96 bits per heavy atom. The van der Waals surface area contributed by atoms with E-state index < -0.39 is 4.92 Å². The van der Waals surface area contributed by atoms with E-state index in [1.807, 2.05) is 49.4 Å². The first kappa shape index (κ1) is 17.3. The summed E-state index contributed by atoms with van der Waals surface area (Å²) in [6.07, 6.45) is 1.50. The first-order valence-electron chi connectivity index (χ1n) is 8.44. The lowest BCUT2D eigenvalue weighted by Gasteiger charge is -2.07. The number of benzene rings is 3. The lowest BCUT2D eigenvalue weighted by Crippen LogP contribution is -2.04. The minimum absolute atomic E-state index is 0.00707. The van der Waals surface area contributed by atoms with Gasteiger partial charge in [0.2, 0.25) is 0 Å². The summed E-state index contributed by atoms with van der Waals surface area (Å²) in [5, 5.41) is 28.9. The lowest BCUT2D eigenvalue weighted by molar-refractivity contribution is -0.384. The summed E-state index contributed by atoms with van der Waals surface area (Å²) in [6.45, 7) is 1.85. The maximum absolute atomic E-state index is 10.9. The van der Waals surface area contributed by atoms with Crippen molar-refractivity contribution >= 4 is 28.6 Å². The van der Waals surface area contributed by atoms with Crippen LogP contribution >= 0.6 is 0 Å². The first-order valence-corrected chi connectivity index (χ1v) is 8.44. The summed E-state index contributed by atoms with van der Waals surface area (Å²) in [7, 11) is 0. The second kappa shape index (κ2) is 7.23. The van der Waals surface area contributed by atoms with Crippen LogP contribution in [0.2, 0.25) is 0 Å². The molecule has 28 heavy (non-hydrogen) atoms. The van der Waals surface area contributed by atoms with E-state index in [1.165, 1.54) is 18.3 Å². The third-order valence-corrected chi connectivity index (χ3v) is 4.31. The van der Waals surface area contributed by atoms with Crippen molar-refractivity contribution in [2.45, 2.75) is 6.92 Å². The standard InChI is InChI=1S/C19H15N7O2/c1-13-9-10-16(26(27)28)11-15(13)12-20-21-19-22-23-24-25(19)18-8-4-6-14-5-2-3-7-17(14)18/h2-12H,1H3,(H,21,22,24)/b20-12+. The van der Waals surface area contributed by atoms with E-state index in [-0.39, 0.29) is 5.69 Å². The third-order valence-electron chi connectivity index (χ3n) is 4.31. The Kier molecular flexibility index (Phi) is 4.47. The van der Waals surface area contributed by atoms with Crippen LogP contribution < -0.4 is 5.43 Å². The fourth-order valence-corrected chi connectivity index (χ4v) is 2.85. The predicted molar refractivity (Wildman–Crippen MR) is 106 cm³/mol. The molecule has 4 aromatic rings. The van der Waals surface area contributed by atoms with Crippen LogP contribution in [0.15, 0.2) is 65.8 Å². The van der Waals surface area contributed by atoms with E-state index in [9.17, 15) is 10.1 Å². The van der Waals surface area contributed by atoms with Gasteiger partial charge in [-0.1, -0.05) is 47.6 Å². The van der Waals surface area contributed by atoms with Gasteiger partial charge in [0, 0.05) is 23.1 Å². The highest BCUT2D eigenvalue weighted by molar-refractivity contribution is 5.90. The van der Waals surface area contributed by atoms with E-state index in [0.29, 0.717) is 11.5 Å². The van der Waals surface area contributed by atoms with Gasteiger partial charge in [-0.3, -0.25) is 10.1 Å². The number of aryl methyl sites for hydroxylation is 1. The van der Waals surface area contributed by atoms with Gasteiger partial charge >= 0.3 is 0 Å². The van der Waals surface area contributed by atoms with Crippen LogP contribution in [0.1, 0.15) is 11.1 Å². The second-order valence-corrected chi connectivity index (χ2v) is 6.08. The molecule has 0 amide bonds. The van der Waals surface area contributed by atoms with Gasteiger partial charge < -0.3 is 0 Å². The fourth-order valence-electron chi connectivity index (χ4n) is 2.85. The summed E-state index contributed by atoms with van der Waals surface area (Å²) >= 11 is 0. The summed E-state index contributed by atoms with van der Waals surface area (Å²) in [6, 6.07) is 18.4. The van der Waals surface area contributed by atoms with Gasteiger partial charge in [0.25, 0.3) is 11.6 Å². The molecule has 4 rings (SSSR count). The van der Waals surface area contributed by atoms with Crippen LogP contribution in [0.5, 0.6) is 0 Å². The van der Waals surface area contributed by atoms with Gasteiger partial charge in [0.15, 0.2) is 0 Å². The summed E-state index contributed by atoms with van der Waals surface area (Å²) < 4.78 is 1.56. The monoisotopic (exact) mass is 373 g/mol. The number of rotatable bonds is 5. The topological polar surface area (TPSA) is 111 Å². The number of nitrogens with one attached hydrogen (secondary N) is 1. The van der Waals surface area contributed by atoms with Crippen molar-refractivity contribution in [2.75, 3.05) is 5.43 Å². The van der Waals surface area contributed by atoms with E-state index in [2.05, 4.69) is 26.1 Å². The van der Waals surface area contributed by atoms with Crippen LogP contribution in [0.4, 0.5) is 11.6 Å². The normalized spacial score (nSPS) is 11.2. The molecule has 138 valence electrons. The van der Waals surface area contributed by atoms with E-state index in [1.54, 1.807) is 10.7 Å². The van der Waals surface area contributed by atoms with Gasteiger partial charge in [-0.05, 0) is 34.4 Å². The Balaban J connectivity index is 1.63. The van der Waals surface area contributed by atoms with E-state index >= 15 is 0 Å². The van der Waals surface area contributed by atoms with Crippen molar-refractivity contribution in [2.24, 2.45) is 5.10 Å². The molecule has 0 fully saturated rings. The lowest BCUT2D eigenvalue weighted by atomic mass is 10.1. The zero-order chi connectivity index (χ0) is 19.5. The molecular weight excluding hydrogens is 358 g/mol. The molecule has 0 aliphatic heterocycles. The number of non-ortho nitro benzene ring substituents is 1. The van der Waals surface area contributed by atoms with Crippen LogP contribution in [0.25, 0.3) is 16.5 Å². The molecule has 0 aliphatic rings. The van der Waals surface area contributed by atoms with Crippen molar-refractivity contribution in [1.29, 1.82) is 0 Å². The number of aromatic nitrogens is 4. The SMILES string of the molecule is Cc1ccc([N+](=O)[O-])cc1/C=N/Nc1nnnn1-c1cccc2ccccc12. The Bertz CT molecular complexity index is 1190. The fraction of sp³-hybridized carbons (Fsp3) is 0.0526.